The Labute approximate surface area is 161 Å². The molecule has 0 fully saturated rings. The standard InChI is InChI=1S/C20H15Cl2N3O/c1-12-6-7-13(21)10-17(12)24-19-15-4-2-3-5-16(15)20(26)25(19)18-9-8-14(22)11-23-18/h2-11,19,24H,1H3/t19-/m1/s1. The average Bonchev–Trinajstić information content (AvgIpc) is 2.92. The Kier molecular flexibility index (Phi) is 4.31. The first-order valence-corrected chi connectivity index (χ1v) is 8.87. The second-order valence-electron chi connectivity index (χ2n) is 6.10. The number of aromatic nitrogens is 1. The van der Waals surface area contributed by atoms with Gasteiger partial charge in [0.15, 0.2) is 0 Å². The van der Waals surface area contributed by atoms with E-state index in [0.29, 0.717) is 21.4 Å². The summed E-state index contributed by atoms with van der Waals surface area (Å²) in [5.41, 5.74) is 3.45. The lowest BCUT2D eigenvalue weighted by Crippen LogP contribution is -2.33. The maximum Gasteiger partial charge on any atom is 0.261 e. The number of fused-ring (bicyclic) bond motifs is 1. The third-order valence-electron chi connectivity index (χ3n) is 4.41. The third kappa shape index (κ3) is 2.91. The largest absolute Gasteiger partial charge is 0.361 e. The van der Waals surface area contributed by atoms with Crippen LogP contribution in [0.15, 0.2) is 60.8 Å². The predicted molar refractivity (Wildman–Crippen MR) is 105 cm³/mol. The van der Waals surface area contributed by atoms with E-state index in [9.17, 15) is 4.79 Å². The molecule has 0 unspecified atom stereocenters. The first-order valence-electron chi connectivity index (χ1n) is 8.11. The van der Waals surface area contributed by atoms with Crippen molar-refractivity contribution in [1.82, 2.24) is 4.98 Å². The fourth-order valence-electron chi connectivity index (χ4n) is 3.10. The molecule has 3 aromatic rings. The highest BCUT2D eigenvalue weighted by atomic mass is 35.5. The number of carbonyl (C=O) groups excluding carboxylic acids is 1. The van der Waals surface area contributed by atoms with Crippen LogP contribution in [0.3, 0.4) is 0 Å². The van der Waals surface area contributed by atoms with E-state index in [4.69, 9.17) is 23.2 Å². The minimum Gasteiger partial charge on any atom is -0.361 e. The van der Waals surface area contributed by atoms with Crippen LogP contribution in [-0.2, 0) is 0 Å². The Morgan fingerprint density at radius 2 is 1.81 bits per heavy atom. The number of carbonyl (C=O) groups is 1. The van der Waals surface area contributed by atoms with Crippen molar-refractivity contribution in [2.45, 2.75) is 13.1 Å². The molecule has 1 aliphatic heterocycles. The predicted octanol–water partition coefficient (Wildman–Crippen LogP) is 5.47. The van der Waals surface area contributed by atoms with Crippen molar-refractivity contribution in [2.75, 3.05) is 10.2 Å². The molecule has 1 atom stereocenters. The van der Waals surface area contributed by atoms with Crippen LogP contribution in [0.5, 0.6) is 0 Å². The molecule has 1 aromatic heterocycles. The summed E-state index contributed by atoms with van der Waals surface area (Å²) in [5, 5.41) is 4.60. The van der Waals surface area contributed by atoms with Gasteiger partial charge < -0.3 is 5.32 Å². The molecule has 6 heteroatoms. The van der Waals surface area contributed by atoms with Gasteiger partial charge in [-0.1, -0.05) is 47.5 Å². The summed E-state index contributed by atoms with van der Waals surface area (Å²) >= 11 is 12.1. The van der Waals surface area contributed by atoms with E-state index in [2.05, 4.69) is 10.3 Å². The fraction of sp³-hybridized carbons (Fsp3) is 0.100. The Bertz CT molecular complexity index is 989. The van der Waals surface area contributed by atoms with Gasteiger partial charge >= 0.3 is 0 Å². The number of anilines is 2. The van der Waals surface area contributed by atoms with Crippen LogP contribution >= 0.6 is 23.2 Å². The summed E-state index contributed by atoms with van der Waals surface area (Å²) in [6.45, 7) is 1.99. The summed E-state index contributed by atoms with van der Waals surface area (Å²) in [5.74, 6) is 0.431. The van der Waals surface area contributed by atoms with Gasteiger partial charge in [-0.25, -0.2) is 4.98 Å². The summed E-state index contributed by atoms with van der Waals surface area (Å²) in [6.07, 6.45) is 1.15. The van der Waals surface area contributed by atoms with Gasteiger partial charge in [-0.3, -0.25) is 9.69 Å². The van der Waals surface area contributed by atoms with Crippen LogP contribution in [0.4, 0.5) is 11.5 Å². The number of amides is 1. The monoisotopic (exact) mass is 383 g/mol. The topological polar surface area (TPSA) is 45.2 Å². The Morgan fingerprint density at radius 1 is 1.04 bits per heavy atom. The maximum atomic E-state index is 13.0. The molecule has 0 bridgehead atoms. The van der Waals surface area contributed by atoms with Crippen molar-refractivity contribution in [3.05, 3.63) is 87.5 Å². The molecule has 1 aliphatic rings. The number of halogens is 2. The van der Waals surface area contributed by atoms with Crippen molar-refractivity contribution in [3.8, 4) is 0 Å². The molecule has 1 amide bonds. The number of benzene rings is 2. The minimum atomic E-state index is -0.385. The lowest BCUT2D eigenvalue weighted by Gasteiger charge is -2.27. The van der Waals surface area contributed by atoms with E-state index in [1.165, 1.54) is 6.20 Å². The van der Waals surface area contributed by atoms with Crippen LogP contribution in [-0.4, -0.2) is 10.9 Å². The van der Waals surface area contributed by atoms with E-state index in [1.807, 2.05) is 49.4 Å². The number of rotatable bonds is 3. The quantitative estimate of drug-likeness (QED) is 0.652. The highest BCUT2D eigenvalue weighted by Crippen LogP contribution is 2.38. The average molecular weight is 384 g/mol. The molecule has 26 heavy (non-hydrogen) atoms. The molecular formula is C20H15Cl2N3O. The second-order valence-corrected chi connectivity index (χ2v) is 6.98. The summed E-state index contributed by atoms with van der Waals surface area (Å²) in [6, 6.07) is 16.7. The zero-order chi connectivity index (χ0) is 18.3. The smallest absolute Gasteiger partial charge is 0.261 e. The second kappa shape index (κ2) is 6.63. The SMILES string of the molecule is Cc1ccc(Cl)cc1N[C@H]1c2ccccc2C(=O)N1c1ccc(Cl)cn1. The molecule has 1 N–H and O–H groups in total. The molecule has 130 valence electrons. The van der Waals surface area contributed by atoms with Gasteiger partial charge in [0, 0.05) is 28.0 Å². The van der Waals surface area contributed by atoms with Gasteiger partial charge in [0.1, 0.15) is 12.0 Å². The van der Waals surface area contributed by atoms with E-state index in [0.717, 1.165) is 16.8 Å². The number of nitrogens with zero attached hydrogens (tertiary/aromatic N) is 2. The van der Waals surface area contributed by atoms with Gasteiger partial charge in [0.05, 0.1) is 5.02 Å². The number of hydrogen-bond donors (Lipinski definition) is 1. The van der Waals surface area contributed by atoms with Gasteiger partial charge in [-0.2, -0.15) is 0 Å². The molecule has 4 nitrogen and oxygen atoms in total. The molecular weight excluding hydrogens is 369 g/mol. The highest BCUT2D eigenvalue weighted by Gasteiger charge is 2.38. The maximum absolute atomic E-state index is 13.0. The van der Waals surface area contributed by atoms with Crippen LogP contribution in [0, 0.1) is 6.92 Å². The Morgan fingerprint density at radius 3 is 2.58 bits per heavy atom. The molecule has 0 saturated heterocycles. The van der Waals surface area contributed by atoms with Gasteiger partial charge in [0.2, 0.25) is 0 Å². The summed E-state index contributed by atoms with van der Waals surface area (Å²) < 4.78 is 0. The van der Waals surface area contributed by atoms with Crippen LogP contribution < -0.4 is 10.2 Å². The van der Waals surface area contributed by atoms with Crippen molar-refractivity contribution >= 4 is 40.6 Å². The Balaban J connectivity index is 1.80. The van der Waals surface area contributed by atoms with Crippen molar-refractivity contribution in [2.24, 2.45) is 0 Å². The molecule has 0 saturated carbocycles. The van der Waals surface area contributed by atoms with Gasteiger partial charge in [-0.05, 0) is 42.8 Å². The van der Waals surface area contributed by atoms with Crippen LogP contribution in [0.25, 0.3) is 0 Å². The fourth-order valence-corrected chi connectivity index (χ4v) is 3.39. The van der Waals surface area contributed by atoms with Crippen LogP contribution in [0.2, 0.25) is 10.0 Å². The summed E-state index contributed by atoms with van der Waals surface area (Å²) in [7, 11) is 0. The van der Waals surface area contributed by atoms with Crippen LogP contribution in [0.1, 0.15) is 27.7 Å². The lowest BCUT2D eigenvalue weighted by atomic mass is 10.1. The number of hydrogen-bond acceptors (Lipinski definition) is 3. The molecule has 0 aliphatic carbocycles. The summed E-state index contributed by atoms with van der Waals surface area (Å²) in [4.78, 5) is 19.0. The first-order chi connectivity index (χ1) is 12.5. The normalized spacial score (nSPS) is 15.9. The van der Waals surface area contributed by atoms with E-state index in [1.54, 1.807) is 17.0 Å². The zero-order valence-electron chi connectivity index (χ0n) is 13.9. The third-order valence-corrected chi connectivity index (χ3v) is 4.87. The molecule has 2 heterocycles. The van der Waals surface area contributed by atoms with E-state index in [-0.39, 0.29) is 12.1 Å². The number of pyridine rings is 1. The highest BCUT2D eigenvalue weighted by molar-refractivity contribution is 6.31. The molecule has 0 spiro atoms. The number of aryl methyl sites for hydroxylation is 1. The van der Waals surface area contributed by atoms with Gasteiger partial charge in [0.25, 0.3) is 5.91 Å². The molecule has 2 aromatic carbocycles. The number of nitrogens with one attached hydrogen (secondary N) is 1. The zero-order valence-corrected chi connectivity index (χ0v) is 15.4. The van der Waals surface area contributed by atoms with Gasteiger partial charge in [-0.15, -0.1) is 0 Å². The molecule has 0 radical (unpaired) electrons. The van der Waals surface area contributed by atoms with E-state index >= 15 is 0 Å². The van der Waals surface area contributed by atoms with Crippen molar-refractivity contribution < 1.29 is 4.79 Å². The van der Waals surface area contributed by atoms with Crippen molar-refractivity contribution in [3.63, 3.8) is 0 Å². The van der Waals surface area contributed by atoms with Crippen molar-refractivity contribution in [1.29, 1.82) is 0 Å². The lowest BCUT2D eigenvalue weighted by molar-refractivity contribution is 0.0992. The Hall–Kier alpha value is -2.56. The molecule has 4 rings (SSSR count). The minimum absolute atomic E-state index is 0.104. The van der Waals surface area contributed by atoms with E-state index < -0.39 is 0 Å². The first kappa shape index (κ1) is 16.9.